The van der Waals surface area contributed by atoms with Gasteiger partial charge in [-0.15, -0.1) is 0 Å². The summed E-state index contributed by atoms with van der Waals surface area (Å²) in [5, 5.41) is 0.508. The van der Waals surface area contributed by atoms with Crippen molar-refractivity contribution in [3.63, 3.8) is 0 Å². The van der Waals surface area contributed by atoms with Gasteiger partial charge in [0.15, 0.2) is 5.82 Å². The summed E-state index contributed by atoms with van der Waals surface area (Å²) in [7, 11) is 1.63. The first kappa shape index (κ1) is 14.3. The van der Waals surface area contributed by atoms with Crippen LogP contribution in [0.2, 0.25) is 5.15 Å². The number of rotatable bonds is 3. The van der Waals surface area contributed by atoms with Crippen LogP contribution < -0.4 is 4.74 Å². The molecule has 0 fully saturated rings. The first-order chi connectivity index (χ1) is 9.06. The van der Waals surface area contributed by atoms with Crippen LogP contribution in [0.1, 0.15) is 18.2 Å². The molecule has 5 heteroatoms. The van der Waals surface area contributed by atoms with Crippen molar-refractivity contribution in [3.8, 4) is 17.1 Å². The van der Waals surface area contributed by atoms with Gasteiger partial charge in [-0.25, -0.2) is 9.97 Å². The molecule has 1 heterocycles. The highest BCUT2D eigenvalue weighted by Crippen LogP contribution is 2.30. The number of benzene rings is 1. The Balaban J connectivity index is 2.53. The highest BCUT2D eigenvalue weighted by molar-refractivity contribution is 9.10. The minimum absolute atomic E-state index is 0.508. The van der Waals surface area contributed by atoms with Crippen LogP contribution in [0.4, 0.5) is 0 Å². The third-order valence-electron chi connectivity index (χ3n) is 2.93. The van der Waals surface area contributed by atoms with Gasteiger partial charge in [-0.05, 0) is 47.5 Å². The molecule has 2 aromatic rings. The number of hydrogen-bond acceptors (Lipinski definition) is 3. The fourth-order valence-corrected chi connectivity index (χ4v) is 2.54. The van der Waals surface area contributed by atoms with Crippen LogP contribution in [0.5, 0.6) is 5.75 Å². The predicted molar refractivity (Wildman–Crippen MR) is 80.8 cm³/mol. The van der Waals surface area contributed by atoms with Gasteiger partial charge in [-0.1, -0.05) is 18.5 Å². The summed E-state index contributed by atoms with van der Waals surface area (Å²) in [5.41, 5.74) is 2.83. The van der Waals surface area contributed by atoms with Crippen molar-refractivity contribution in [1.29, 1.82) is 0 Å². The van der Waals surface area contributed by atoms with Crippen molar-refractivity contribution >= 4 is 27.5 Å². The Bertz CT molecular complexity index is 617. The average molecular weight is 342 g/mol. The number of aryl methyl sites for hydroxylation is 1. The van der Waals surface area contributed by atoms with Crippen LogP contribution in [-0.2, 0) is 6.42 Å². The summed E-state index contributed by atoms with van der Waals surface area (Å²) in [6.45, 7) is 3.99. The molecule has 3 nitrogen and oxygen atoms in total. The lowest BCUT2D eigenvalue weighted by Crippen LogP contribution is -1.99. The molecule has 0 saturated carbocycles. The van der Waals surface area contributed by atoms with Crippen molar-refractivity contribution in [2.45, 2.75) is 20.3 Å². The molecule has 0 N–H and O–H groups in total. The molecular formula is C14H14BrClN2O. The maximum absolute atomic E-state index is 6.16. The van der Waals surface area contributed by atoms with Crippen molar-refractivity contribution < 1.29 is 4.74 Å². The molecule has 0 amide bonds. The molecule has 2 rings (SSSR count). The van der Waals surface area contributed by atoms with E-state index in [1.54, 1.807) is 7.11 Å². The topological polar surface area (TPSA) is 35.0 Å². The molecule has 0 radical (unpaired) electrons. The van der Waals surface area contributed by atoms with E-state index in [4.69, 9.17) is 16.3 Å². The Morgan fingerprint density at radius 1 is 1.32 bits per heavy atom. The van der Waals surface area contributed by atoms with E-state index in [2.05, 4.69) is 32.8 Å². The van der Waals surface area contributed by atoms with E-state index >= 15 is 0 Å². The Labute approximate surface area is 126 Å². The molecule has 1 aromatic heterocycles. The van der Waals surface area contributed by atoms with Crippen molar-refractivity contribution in [2.24, 2.45) is 0 Å². The molecule has 1 aromatic carbocycles. The fraction of sp³-hybridized carbons (Fsp3) is 0.286. The molecule has 0 aliphatic rings. The van der Waals surface area contributed by atoms with E-state index in [0.717, 1.165) is 33.5 Å². The van der Waals surface area contributed by atoms with E-state index in [1.165, 1.54) is 0 Å². The molecule has 0 aliphatic carbocycles. The van der Waals surface area contributed by atoms with Crippen LogP contribution in [0.25, 0.3) is 11.4 Å². The molecule has 0 unspecified atom stereocenters. The van der Waals surface area contributed by atoms with Gasteiger partial charge < -0.3 is 4.74 Å². The normalized spacial score (nSPS) is 10.6. The van der Waals surface area contributed by atoms with E-state index in [9.17, 15) is 0 Å². The average Bonchev–Trinajstić information content (AvgIpc) is 2.41. The van der Waals surface area contributed by atoms with Crippen LogP contribution in [0, 0.1) is 6.92 Å². The van der Waals surface area contributed by atoms with E-state index in [-0.39, 0.29) is 0 Å². The molecule has 0 spiro atoms. The zero-order valence-electron chi connectivity index (χ0n) is 11.0. The third-order valence-corrected chi connectivity index (χ3v) is 3.92. The first-order valence-corrected chi connectivity index (χ1v) is 7.10. The summed E-state index contributed by atoms with van der Waals surface area (Å²) in [4.78, 5) is 8.90. The molecule has 0 saturated heterocycles. The number of methoxy groups -OCH3 is 1. The van der Waals surface area contributed by atoms with E-state index in [1.807, 2.05) is 25.1 Å². The molecular weight excluding hydrogens is 328 g/mol. The number of halogens is 2. The first-order valence-electron chi connectivity index (χ1n) is 5.93. The van der Waals surface area contributed by atoms with Crippen LogP contribution in [-0.4, -0.2) is 17.1 Å². The maximum Gasteiger partial charge on any atom is 0.161 e. The molecule has 19 heavy (non-hydrogen) atoms. The van der Waals surface area contributed by atoms with Gasteiger partial charge in [0.25, 0.3) is 0 Å². The predicted octanol–water partition coefficient (Wildman–Crippen LogP) is 4.44. The standard InChI is InChI=1S/C14H14BrClN2O/c1-4-11-8(2)13(16)18-14(17-11)9-5-6-12(19-3)10(15)7-9/h5-7H,4H2,1-3H3. The Kier molecular flexibility index (Phi) is 4.42. The second-order valence-electron chi connectivity index (χ2n) is 4.11. The monoisotopic (exact) mass is 340 g/mol. The van der Waals surface area contributed by atoms with Gasteiger partial charge in [0.2, 0.25) is 0 Å². The molecule has 100 valence electrons. The Hall–Kier alpha value is -1.13. The lowest BCUT2D eigenvalue weighted by Gasteiger charge is -2.09. The highest BCUT2D eigenvalue weighted by Gasteiger charge is 2.11. The second kappa shape index (κ2) is 5.88. The van der Waals surface area contributed by atoms with Crippen molar-refractivity contribution in [1.82, 2.24) is 9.97 Å². The smallest absolute Gasteiger partial charge is 0.161 e. The van der Waals surface area contributed by atoms with E-state index in [0.29, 0.717) is 11.0 Å². The number of aromatic nitrogens is 2. The Morgan fingerprint density at radius 2 is 2.05 bits per heavy atom. The van der Waals surface area contributed by atoms with Gasteiger partial charge in [-0.2, -0.15) is 0 Å². The highest BCUT2D eigenvalue weighted by atomic mass is 79.9. The molecule has 0 aliphatic heterocycles. The number of ether oxygens (including phenoxy) is 1. The van der Waals surface area contributed by atoms with Gasteiger partial charge in [0.05, 0.1) is 11.6 Å². The van der Waals surface area contributed by atoms with Gasteiger partial charge in [-0.3, -0.25) is 0 Å². The lowest BCUT2D eigenvalue weighted by molar-refractivity contribution is 0.412. The van der Waals surface area contributed by atoms with Gasteiger partial charge in [0, 0.05) is 16.8 Å². The minimum Gasteiger partial charge on any atom is -0.496 e. The largest absolute Gasteiger partial charge is 0.496 e. The SMILES string of the molecule is CCc1nc(-c2ccc(OC)c(Br)c2)nc(Cl)c1C. The Morgan fingerprint density at radius 3 is 2.63 bits per heavy atom. The van der Waals surface area contributed by atoms with Crippen LogP contribution in [0.15, 0.2) is 22.7 Å². The summed E-state index contributed by atoms with van der Waals surface area (Å²) in [5.74, 6) is 1.41. The molecule has 0 atom stereocenters. The summed E-state index contributed by atoms with van der Waals surface area (Å²) in [6, 6.07) is 5.73. The van der Waals surface area contributed by atoms with E-state index < -0.39 is 0 Å². The van der Waals surface area contributed by atoms with Crippen LogP contribution >= 0.6 is 27.5 Å². The quantitative estimate of drug-likeness (QED) is 0.774. The van der Waals surface area contributed by atoms with Crippen molar-refractivity contribution in [3.05, 3.63) is 39.1 Å². The molecule has 0 bridgehead atoms. The van der Waals surface area contributed by atoms with Crippen LogP contribution in [0.3, 0.4) is 0 Å². The minimum atomic E-state index is 0.508. The summed E-state index contributed by atoms with van der Waals surface area (Å²) < 4.78 is 6.08. The summed E-state index contributed by atoms with van der Waals surface area (Å²) in [6.07, 6.45) is 0.832. The van der Waals surface area contributed by atoms with Crippen molar-refractivity contribution in [2.75, 3.05) is 7.11 Å². The maximum atomic E-state index is 6.16. The van der Waals surface area contributed by atoms with Gasteiger partial charge >= 0.3 is 0 Å². The van der Waals surface area contributed by atoms with Gasteiger partial charge in [0.1, 0.15) is 10.9 Å². The number of hydrogen-bond donors (Lipinski definition) is 0. The fourth-order valence-electron chi connectivity index (χ4n) is 1.81. The zero-order chi connectivity index (χ0) is 14.0. The third kappa shape index (κ3) is 2.90. The summed E-state index contributed by atoms with van der Waals surface area (Å²) >= 11 is 9.62. The number of nitrogens with zero attached hydrogens (tertiary/aromatic N) is 2. The second-order valence-corrected chi connectivity index (χ2v) is 5.32. The lowest BCUT2D eigenvalue weighted by atomic mass is 10.1. The zero-order valence-corrected chi connectivity index (χ0v) is 13.3.